The second-order valence-corrected chi connectivity index (χ2v) is 9.16. The van der Waals surface area contributed by atoms with E-state index in [1.807, 2.05) is 19.1 Å². The van der Waals surface area contributed by atoms with Crippen LogP contribution in [0.3, 0.4) is 0 Å². The van der Waals surface area contributed by atoms with Crippen LogP contribution in [0.4, 0.5) is 0 Å². The number of nitrogens with one attached hydrogen (secondary N) is 1. The van der Waals surface area contributed by atoms with E-state index < -0.39 is 9.84 Å². The van der Waals surface area contributed by atoms with Crippen LogP contribution in [-0.4, -0.2) is 21.2 Å². The molecule has 0 aliphatic heterocycles. The number of hydrogen-bond acceptors (Lipinski definition) is 4. The van der Waals surface area contributed by atoms with E-state index in [9.17, 15) is 8.42 Å². The molecule has 7 heteroatoms. The van der Waals surface area contributed by atoms with Gasteiger partial charge < -0.3 is 5.32 Å². The van der Waals surface area contributed by atoms with Crippen molar-refractivity contribution in [3.05, 3.63) is 49.6 Å². The Morgan fingerprint density at radius 3 is 2.62 bits per heavy atom. The number of hydrogen-bond donors (Lipinski definition) is 1. The zero-order valence-corrected chi connectivity index (χ0v) is 15.5. The summed E-state index contributed by atoms with van der Waals surface area (Å²) in [5, 5.41) is 3.37. The summed E-state index contributed by atoms with van der Waals surface area (Å²) < 4.78 is 25.0. The summed E-state index contributed by atoms with van der Waals surface area (Å²) in [5.41, 5.74) is 0.908. The van der Waals surface area contributed by atoms with Crippen molar-refractivity contribution in [3.63, 3.8) is 0 Å². The van der Waals surface area contributed by atoms with Crippen molar-refractivity contribution in [2.75, 3.05) is 12.8 Å². The summed E-state index contributed by atoms with van der Waals surface area (Å²) in [4.78, 5) is 1.36. The molecule has 0 bridgehead atoms. The van der Waals surface area contributed by atoms with Crippen molar-refractivity contribution in [3.8, 4) is 0 Å². The Morgan fingerprint density at radius 2 is 2.10 bits per heavy atom. The molecule has 114 valence electrons. The molecule has 3 nitrogen and oxygen atoms in total. The van der Waals surface area contributed by atoms with Crippen LogP contribution in [0, 0.1) is 0 Å². The molecule has 1 heterocycles. The molecule has 0 aliphatic carbocycles. The average molecular weight is 409 g/mol. The van der Waals surface area contributed by atoms with E-state index in [1.165, 1.54) is 17.6 Å². The highest BCUT2D eigenvalue weighted by atomic mass is 79.9. The lowest BCUT2D eigenvalue weighted by Gasteiger charge is -2.17. The summed E-state index contributed by atoms with van der Waals surface area (Å²) in [5.74, 6) is 0. The summed E-state index contributed by atoms with van der Waals surface area (Å²) in [7, 11) is -3.22. The lowest BCUT2D eigenvalue weighted by Crippen LogP contribution is -2.21. The van der Waals surface area contributed by atoms with E-state index in [-0.39, 0.29) is 6.04 Å². The molecule has 1 unspecified atom stereocenters. The first-order valence-electron chi connectivity index (χ1n) is 6.31. The highest BCUT2D eigenvalue weighted by molar-refractivity contribution is 9.10. The van der Waals surface area contributed by atoms with E-state index in [4.69, 9.17) is 11.6 Å². The third kappa shape index (κ3) is 4.07. The highest BCUT2D eigenvalue weighted by Gasteiger charge is 2.19. The first-order chi connectivity index (χ1) is 9.82. The van der Waals surface area contributed by atoms with Crippen LogP contribution in [-0.2, 0) is 9.84 Å². The maximum absolute atomic E-state index is 11.7. The van der Waals surface area contributed by atoms with Gasteiger partial charge in [-0.2, -0.15) is 0 Å². The Balaban J connectivity index is 2.48. The van der Waals surface area contributed by atoms with E-state index in [0.717, 1.165) is 21.5 Å². The molecule has 0 saturated carbocycles. The molecule has 2 aromatic rings. The minimum atomic E-state index is -3.22. The SMILES string of the molecule is CCNC(c1cccc(S(C)(=O)=O)c1)c1cc(Br)c(Cl)s1. The lowest BCUT2D eigenvalue weighted by atomic mass is 10.1. The maximum atomic E-state index is 11.7. The Kier molecular flexibility index (Phi) is 5.48. The highest BCUT2D eigenvalue weighted by Crippen LogP contribution is 2.37. The van der Waals surface area contributed by atoms with Gasteiger partial charge in [-0.1, -0.05) is 30.7 Å². The third-order valence-electron chi connectivity index (χ3n) is 2.98. The van der Waals surface area contributed by atoms with Gasteiger partial charge in [0.15, 0.2) is 9.84 Å². The number of sulfone groups is 1. The molecular formula is C14H15BrClNO2S2. The minimum Gasteiger partial charge on any atom is -0.306 e. The largest absolute Gasteiger partial charge is 0.306 e. The monoisotopic (exact) mass is 407 g/mol. The molecule has 21 heavy (non-hydrogen) atoms. The van der Waals surface area contributed by atoms with Gasteiger partial charge in [-0.05, 0) is 46.2 Å². The Bertz CT molecular complexity index is 724. The first kappa shape index (κ1) is 17.0. The van der Waals surface area contributed by atoms with Crippen LogP contribution >= 0.6 is 38.9 Å². The van der Waals surface area contributed by atoms with Crippen molar-refractivity contribution in [2.45, 2.75) is 17.9 Å². The summed E-state index contributed by atoms with van der Waals surface area (Å²) in [6.45, 7) is 2.78. The van der Waals surface area contributed by atoms with Crippen molar-refractivity contribution in [2.24, 2.45) is 0 Å². The Labute approximate surface area is 142 Å². The second kappa shape index (κ2) is 6.79. The molecule has 0 amide bonds. The lowest BCUT2D eigenvalue weighted by molar-refractivity contribution is 0.600. The van der Waals surface area contributed by atoms with Crippen molar-refractivity contribution < 1.29 is 8.42 Å². The van der Waals surface area contributed by atoms with Crippen LogP contribution in [0.1, 0.15) is 23.4 Å². The van der Waals surface area contributed by atoms with Gasteiger partial charge in [-0.15, -0.1) is 11.3 Å². The zero-order valence-electron chi connectivity index (χ0n) is 11.6. The molecule has 0 spiro atoms. The van der Waals surface area contributed by atoms with E-state index in [1.54, 1.807) is 18.2 Å². The molecular weight excluding hydrogens is 394 g/mol. The van der Waals surface area contributed by atoms with Gasteiger partial charge in [0.1, 0.15) is 4.34 Å². The van der Waals surface area contributed by atoms with E-state index in [2.05, 4.69) is 21.2 Å². The van der Waals surface area contributed by atoms with Crippen molar-refractivity contribution in [1.82, 2.24) is 5.32 Å². The van der Waals surface area contributed by atoms with Gasteiger partial charge in [0, 0.05) is 15.6 Å². The normalized spacial score (nSPS) is 13.3. The van der Waals surface area contributed by atoms with Gasteiger partial charge in [0.2, 0.25) is 0 Å². The molecule has 0 aliphatic rings. The van der Waals surface area contributed by atoms with Crippen molar-refractivity contribution >= 4 is 48.7 Å². The molecule has 1 aromatic carbocycles. The smallest absolute Gasteiger partial charge is 0.175 e. The minimum absolute atomic E-state index is 0.0782. The van der Waals surface area contributed by atoms with Crippen LogP contribution in [0.15, 0.2) is 39.7 Å². The van der Waals surface area contributed by atoms with Gasteiger partial charge >= 0.3 is 0 Å². The molecule has 1 N–H and O–H groups in total. The fraction of sp³-hybridized carbons (Fsp3) is 0.286. The molecule has 1 atom stereocenters. The third-order valence-corrected chi connectivity index (χ3v) is 6.63. The topological polar surface area (TPSA) is 46.2 Å². The van der Waals surface area contributed by atoms with Crippen LogP contribution < -0.4 is 5.32 Å². The number of halogens is 2. The molecule has 0 fully saturated rings. The Hall–Kier alpha value is -0.400. The fourth-order valence-corrected chi connectivity index (χ4v) is 4.53. The molecule has 0 saturated heterocycles. The predicted molar refractivity (Wildman–Crippen MR) is 92.1 cm³/mol. The molecule has 2 rings (SSSR count). The second-order valence-electron chi connectivity index (χ2n) is 4.61. The summed E-state index contributed by atoms with van der Waals surface area (Å²) >= 11 is 11.0. The Morgan fingerprint density at radius 1 is 1.38 bits per heavy atom. The number of rotatable bonds is 5. The fourth-order valence-electron chi connectivity index (χ4n) is 2.02. The van der Waals surface area contributed by atoms with Gasteiger partial charge in [-0.25, -0.2) is 8.42 Å². The van der Waals surface area contributed by atoms with Crippen LogP contribution in [0.25, 0.3) is 0 Å². The standard InChI is InChI=1S/C14H15BrClNO2S2/c1-3-17-13(12-8-11(15)14(16)20-12)9-5-4-6-10(7-9)21(2,18)19/h4-8,13,17H,3H2,1-2H3. The summed E-state index contributed by atoms with van der Waals surface area (Å²) in [6, 6.07) is 8.89. The van der Waals surface area contributed by atoms with Gasteiger partial charge in [0.25, 0.3) is 0 Å². The summed E-state index contributed by atoms with van der Waals surface area (Å²) in [6.07, 6.45) is 1.22. The molecule has 1 aromatic heterocycles. The van der Waals surface area contributed by atoms with Crippen LogP contribution in [0.5, 0.6) is 0 Å². The average Bonchev–Trinajstić information content (AvgIpc) is 2.75. The number of thiophene rings is 1. The van der Waals surface area contributed by atoms with Crippen molar-refractivity contribution in [1.29, 1.82) is 0 Å². The van der Waals surface area contributed by atoms with Gasteiger partial charge in [-0.3, -0.25) is 0 Å². The van der Waals surface area contributed by atoms with Gasteiger partial charge in [0.05, 0.1) is 10.9 Å². The zero-order chi connectivity index (χ0) is 15.6. The quantitative estimate of drug-likeness (QED) is 0.804. The first-order valence-corrected chi connectivity index (χ1v) is 10.2. The maximum Gasteiger partial charge on any atom is 0.175 e. The number of benzene rings is 1. The van der Waals surface area contributed by atoms with Crippen LogP contribution in [0.2, 0.25) is 4.34 Å². The molecule has 0 radical (unpaired) electrons. The predicted octanol–water partition coefficient (Wildman–Crippen LogP) is 4.27. The van der Waals surface area contributed by atoms with E-state index >= 15 is 0 Å². The van der Waals surface area contributed by atoms with E-state index in [0.29, 0.717) is 9.23 Å².